The average molecular weight is 215 g/mol. The van der Waals surface area contributed by atoms with Crippen LogP contribution in [-0.2, 0) is 9.53 Å². The largest absolute Gasteiger partial charge is 0.481 e. The molecule has 0 saturated carbocycles. The molecule has 0 bridgehead atoms. The van der Waals surface area contributed by atoms with E-state index in [-0.39, 0.29) is 6.42 Å². The molecule has 1 aliphatic rings. The lowest BCUT2D eigenvalue weighted by Crippen LogP contribution is -2.35. The van der Waals surface area contributed by atoms with Crippen molar-refractivity contribution >= 4 is 5.97 Å². The normalized spacial score (nSPS) is 28.7. The van der Waals surface area contributed by atoms with Crippen molar-refractivity contribution in [3.63, 3.8) is 0 Å². The van der Waals surface area contributed by atoms with Crippen LogP contribution in [0.1, 0.15) is 32.6 Å². The molecule has 0 aromatic rings. The van der Waals surface area contributed by atoms with Gasteiger partial charge in [0.25, 0.3) is 0 Å². The first-order valence-electron chi connectivity index (χ1n) is 5.61. The second-order valence-electron chi connectivity index (χ2n) is 4.25. The van der Waals surface area contributed by atoms with Crippen LogP contribution in [0, 0.1) is 0 Å². The quantitative estimate of drug-likeness (QED) is 0.769. The molecule has 1 rings (SSSR count). The van der Waals surface area contributed by atoms with Crippen molar-refractivity contribution in [2.45, 2.75) is 38.2 Å². The van der Waals surface area contributed by atoms with Gasteiger partial charge in [-0.1, -0.05) is 6.92 Å². The van der Waals surface area contributed by atoms with E-state index in [1.165, 1.54) is 0 Å². The van der Waals surface area contributed by atoms with Crippen molar-refractivity contribution in [3.8, 4) is 0 Å². The van der Waals surface area contributed by atoms with Gasteiger partial charge in [0.1, 0.15) is 0 Å². The Morgan fingerprint density at radius 2 is 2.20 bits per heavy atom. The van der Waals surface area contributed by atoms with E-state index in [0.29, 0.717) is 0 Å². The van der Waals surface area contributed by atoms with E-state index in [9.17, 15) is 4.79 Å². The number of ether oxygens (including phenoxy) is 1. The van der Waals surface area contributed by atoms with Crippen LogP contribution in [0.15, 0.2) is 0 Å². The van der Waals surface area contributed by atoms with Crippen LogP contribution in [0.4, 0.5) is 0 Å². The van der Waals surface area contributed by atoms with Crippen LogP contribution >= 0.6 is 0 Å². The van der Waals surface area contributed by atoms with Crippen molar-refractivity contribution in [1.82, 2.24) is 4.90 Å². The molecule has 1 N–H and O–H groups in total. The van der Waals surface area contributed by atoms with Gasteiger partial charge < -0.3 is 14.7 Å². The Kier molecular flexibility index (Phi) is 4.54. The average Bonchev–Trinajstić information content (AvgIpc) is 2.40. The number of hydrogen-bond acceptors (Lipinski definition) is 3. The molecule has 1 heterocycles. The molecule has 4 nitrogen and oxygen atoms in total. The molecular formula is C11H21NO3. The number of aliphatic carboxylic acids is 1. The Morgan fingerprint density at radius 3 is 2.73 bits per heavy atom. The summed E-state index contributed by atoms with van der Waals surface area (Å²) in [7, 11) is 1.63. The summed E-state index contributed by atoms with van der Waals surface area (Å²) in [6.45, 7) is 5.17. The third-order valence-corrected chi connectivity index (χ3v) is 3.34. The highest BCUT2D eigenvalue weighted by molar-refractivity contribution is 5.68. The molecule has 0 aliphatic carbocycles. The predicted molar refractivity (Wildman–Crippen MR) is 58.0 cm³/mol. The fourth-order valence-corrected chi connectivity index (χ4v) is 2.27. The van der Waals surface area contributed by atoms with Gasteiger partial charge in [0.05, 0.1) is 12.0 Å². The van der Waals surface area contributed by atoms with Gasteiger partial charge in [0.15, 0.2) is 0 Å². The second kappa shape index (κ2) is 5.47. The number of carbonyl (C=O) groups is 1. The smallest absolute Gasteiger partial charge is 0.306 e. The summed E-state index contributed by atoms with van der Waals surface area (Å²) in [5.41, 5.74) is -0.435. The Bertz CT molecular complexity index is 220. The topological polar surface area (TPSA) is 49.8 Å². The zero-order chi connectivity index (χ0) is 11.3. The van der Waals surface area contributed by atoms with E-state index < -0.39 is 11.6 Å². The van der Waals surface area contributed by atoms with E-state index in [1.807, 2.05) is 0 Å². The van der Waals surface area contributed by atoms with Crippen LogP contribution in [0.25, 0.3) is 0 Å². The molecule has 1 fully saturated rings. The van der Waals surface area contributed by atoms with Crippen molar-refractivity contribution in [2.24, 2.45) is 0 Å². The number of carboxylic acids is 1. The summed E-state index contributed by atoms with van der Waals surface area (Å²) in [4.78, 5) is 13.2. The summed E-state index contributed by atoms with van der Waals surface area (Å²) in [5, 5.41) is 8.88. The summed E-state index contributed by atoms with van der Waals surface area (Å²) in [5.74, 6) is -0.762. The summed E-state index contributed by atoms with van der Waals surface area (Å²) < 4.78 is 5.45. The van der Waals surface area contributed by atoms with Crippen LogP contribution in [0.2, 0.25) is 0 Å². The van der Waals surface area contributed by atoms with E-state index >= 15 is 0 Å². The van der Waals surface area contributed by atoms with Crippen molar-refractivity contribution in [1.29, 1.82) is 0 Å². The van der Waals surface area contributed by atoms with Gasteiger partial charge >= 0.3 is 5.97 Å². The highest BCUT2D eigenvalue weighted by atomic mass is 16.5. The van der Waals surface area contributed by atoms with Crippen LogP contribution in [0.3, 0.4) is 0 Å². The van der Waals surface area contributed by atoms with E-state index in [4.69, 9.17) is 9.84 Å². The van der Waals surface area contributed by atoms with Gasteiger partial charge in [0.2, 0.25) is 0 Å². The van der Waals surface area contributed by atoms with Gasteiger partial charge in [-0.05, 0) is 32.4 Å². The molecule has 1 unspecified atom stereocenters. The van der Waals surface area contributed by atoms with E-state index in [0.717, 1.165) is 38.9 Å². The third kappa shape index (κ3) is 3.47. The number of hydrogen-bond donors (Lipinski definition) is 1. The first-order valence-corrected chi connectivity index (χ1v) is 5.61. The molecule has 0 spiro atoms. The number of likely N-dealkylation sites (tertiary alicyclic amines) is 1. The minimum absolute atomic E-state index is 0.126. The fraction of sp³-hybridized carbons (Fsp3) is 0.909. The molecule has 4 heteroatoms. The van der Waals surface area contributed by atoms with Crippen molar-refractivity contribution < 1.29 is 14.6 Å². The second-order valence-corrected chi connectivity index (χ2v) is 4.25. The first-order chi connectivity index (χ1) is 7.12. The Balaban J connectivity index is 2.61. The highest BCUT2D eigenvalue weighted by Gasteiger charge is 2.34. The van der Waals surface area contributed by atoms with E-state index in [2.05, 4.69) is 11.8 Å². The summed E-state index contributed by atoms with van der Waals surface area (Å²) in [6.07, 6.45) is 2.83. The molecule has 0 radical (unpaired) electrons. The fourth-order valence-electron chi connectivity index (χ4n) is 2.27. The molecule has 0 aromatic carbocycles. The molecule has 0 aromatic heterocycles. The Labute approximate surface area is 91.2 Å². The summed E-state index contributed by atoms with van der Waals surface area (Å²) in [6, 6.07) is 0. The van der Waals surface area contributed by atoms with Crippen LogP contribution in [-0.4, -0.2) is 48.3 Å². The lowest BCUT2D eigenvalue weighted by atomic mass is 9.91. The van der Waals surface area contributed by atoms with Crippen LogP contribution < -0.4 is 0 Å². The van der Waals surface area contributed by atoms with Crippen molar-refractivity contribution in [2.75, 3.05) is 26.7 Å². The monoisotopic (exact) mass is 215 g/mol. The van der Waals surface area contributed by atoms with Gasteiger partial charge in [-0.3, -0.25) is 4.79 Å². The standard InChI is InChI=1S/C11H21NO3/c1-3-12-7-4-5-11(15-2,6-8-12)9-10(13)14/h3-9H2,1-2H3,(H,13,14). The molecule has 88 valence electrons. The lowest BCUT2D eigenvalue weighted by molar-refractivity contribution is -0.144. The lowest BCUT2D eigenvalue weighted by Gasteiger charge is -2.29. The van der Waals surface area contributed by atoms with Gasteiger partial charge in [0, 0.05) is 13.7 Å². The SMILES string of the molecule is CCN1CCCC(CC(=O)O)(OC)CC1. The number of carboxylic acid groups (broad SMARTS) is 1. The molecule has 1 aliphatic heterocycles. The predicted octanol–water partition coefficient (Wildman–Crippen LogP) is 1.35. The number of rotatable bonds is 4. The third-order valence-electron chi connectivity index (χ3n) is 3.34. The van der Waals surface area contributed by atoms with Gasteiger partial charge in [-0.15, -0.1) is 0 Å². The maximum absolute atomic E-state index is 10.8. The first kappa shape index (κ1) is 12.5. The zero-order valence-electron chi connectivity index (χ0n) is 9.66. The maximum Gasteiger partial charge on any atom is 0.306 e. The zero-order valence-corrected chi connectivity index (χ0v) is 9.66. The minimum atomic E-state index is -0.762. The number of nitrogens with zero attached hydrogens (tertiary/aromatic N) is 1. The molecule has 1 atom stereocenters. The van der Waals surface area contributed by atoms with Gasteiger partial charge in [-0.25, -0.2) is 0 Å². The summed E-state index contributed by atoms with van der Waals surface area (Å²) >= 11 is 0. The molecule has 15 heavy (non-hydrogen) atoms. The number of methoxy groups -OCH3 is 1. The molecule has 0 amide bonds. The maximum atomic E-state index is 10.8. The van der Waals surface area contributed by atoms with Crippen LogP contribution in [0.5, 0.6) is 0 Å². The minimum Gasteiger partial charge on any atom is -0.481 e. The highest BCUT2D eigenvalue weighted by Crippen LogP contribution is 2.29. The Hall–Kier alpha value is -0.610. The van der Waals surface area contributed by atoms with Crippen molar-refractivity contribution in [3.05, 3.63) is 0 Å². The molecule has 1 saturated heterocycles. The van der Waals surface area contributed by atoms with Gasteiger partial charge in [-0.2, -0.15) is 0 Å². The van der Waals surface area contributed by atoms with E-state index in [1.54, 1.807) is 7.11 Å². The molecular weight excluding hydrogens is 194 g/mol. The Morgan fingerprint density at radius 1 is 1.47 bits per heavy atom.